The molecule has 5 heteroatoms. The van der Waals surface area contributed by atoms with Gasteiger partial charge in [-0.3, -0.25) is 9.79 Å². The number of likely N-dealkylation sites (tertiary alicyclic amines) is 1. The number of nitrogens with zero attached hydrogens (tertiary/aromatic N) is 2. The Labute approximate surface area is 134 Å². The summed E-state index contributed by atoms with van der Waals surface area (Å²) >= 11 is 0. The molecule has 1 aliphatic carbocycles. The summed E-state index contributed by atoms with van der Waals surface area (Å²) in [6, 6.07) is 0.950. The van der Waals surface area contributed by atoms with E-state index in [1.54, 1.807) is 0 Å². The van der Waals surface area contributed by atoms with Crippen LogP contribution in [-0.4, -0.2) is 48.5 Å². The monoisotopic (exact) mass is 308 g/mol. The number of rotatable bonds is 5. The van der Waals surface area contributed by atoms with Crippen LogP contribution in [0.5, 0.6) is 0 Å². The van der Waals surface area contributed by atoms with Crippen LogP contribution in [0.4, 0.5) is 0 Å². The summed E-state index contributed by atoms with van der Waals surface area (Å²) in [6.07, 6.45) is 9.13. The highest BCUT2D eigenvalue weighted by molar-refractivity contribution is 5.81. The first kappa shape index (κ1) is 17.1. The lowest BCUT2D eigenvalue weighted by Crippen LogP contribution is -2.43. The van der Waals surface area contributed by atoms with E-state index in [0.29, 0.717) is 25.0 Å². The van der Waals surface area contributed by atoms with Gasteiger partial charge in [0.1, 0.15) is 0 Å². The van der Waals surface area contributed by atoms with Gasteiger partial charge in [0.05, 0.1) is 6.54 Å². The summed E-state index contributed by atoms with van der Waals surface area (Å²) in [6.45, 7) is 6.59. The minimum Gasteiger partial charge on any atom is -0.357 e. The number of hydrogen-bond acceptors (Lipinski definition) is 2. The minimum absolute atomic E-state index is 0.257. The van der Waals surface area contributed by atoms with Crippen molar-refractivity contribution >= 4 is 11.9 Å². The molecule has 2 aliphatic rings. The fourth-order valence-electron chi connectivity index (χ4n) is 3.46. The van der Waals surface area contributed by atoms with Crippen molar-refractivity contribution in [3.63, 3.8) is 0 Å². The maximum absolute atomic E-state index is 12.3. The number of nitrogens with one attached hydrogen (secondary N) is 2. The molecule has 1 heterocycles. The molecule has 126 valence electrons. The molecule has 5 nitrogen and oxygen atoms in total. The molecule has 2 N–H and O–H groups in total. The second kappa shape index (κ2) is 9.01. The summed E-state index contributed by atoms with van der Waals surface area (Å²) in [5, 5.41) is 6.78. The maximum atomic E-state index is 12.3. The molecule has 2 rings (SSSR count). The predicted molar refractivity (Wildman–Crippen MR) is 91.0 cm³/mol. The van der Waals surface area contributed by atoms with Crippen LogP contribution in [0, 0.1) is 0 Å². The fourth-order valence-corrected chi connectivity index (χ4v) is 3.46. The molecular formula is C17H32N4O. The second-order valence-electron chi connectivity index (χ2n) is 6.57. The Kier molecular flexibility index (Phi) is 7.00. The number of aliphatic imine (C=N–C) groups is 1. The van der Waals surface area contributed by atoms with Crippen molar-refractivity contribution in [1.82, 2.24) is 15.5 Å². The summed E-state index contributed by atoms with van der Waals surface area (Å²) in [7, 11) is 0. The van der Waals surface area contributed by atoms with Gasteiger partial charge >= 0.3 is 0 Å². The van der Waals surface area contributed by atoms with Crippen LogP contribution in [-0.2, 0) is 4.79 Å². The van der Waals surface area contributed by atoms with Crippen molar-refractivity contribution in [2.75, 3.05) is 19.6 Å². The molecule has 22 heavy (non-hydrogen) atoms. The lowest BCUT2D eigenvalue weighted by molar-refractivity contribution is -0.134. The SMILES string of the molecule is CCNC(=NCCC(=O)N1CCCCC1C)NC1CCCC1. The summed E-state index contributed by atoms with van der Waals surface area (Å²) in [5.74, 6) is 1.13. The van der Waals surface area contributed by atoms with E-state index in [1.807, 2.05) is 4.90 Å². The highest BCUT2D eigenvalue weighted by Gasteiger charge is 2.22. The van der Waals surface area contributed by atoms with E-state index in [9.17, 15) is 4.79 Å². The van der Waals surface area contributed by atoms with E-state index in [1.165, 1.54) is 32.1 Å². The Morgan fingerprint density at radius 1 is 1.18 bits per heavy atom. The van der Waals surface area contributed by atoms with E-state index in [2.05, 4.69) is 29.5 Å². The van der Waals surface area contributed by atoms with Crippen molar-refractivity contribution in [2.24, 2.45) is 4.99 Å². The van der Waals surface area contributed by atoms with E-state index in [0.717, 1.165) is 31.9 Å². The third kappa shape index (κ3) is 5.18. The van der Waals surface area contributed by atoms with Gasteiger partial charge in [-0.15, -0.1) is 0 Å². The van der Waals surface area contributed by atoms with Crippen molar-refractivity contribution < 1.29 is 4.79 Å². The van der Waals surface area contributed by atoms with Gasteiger partial charge < -0.3 is 15.5 Å². The van der Waals surface area contributed by atoms with Gasteiger partial charge in [0.15, 0.2) is 5.96 Å². The molecule has 1 saturated heterocycles. The molecule has 0 radical (unpaired) electrons. The van der Waals surface area contributed by atoms with Crippen molar-refractivity contribution in [3.8, 4) is 0 Å². The lowest BCUT2D eigenvalue weighted by atomic mass is 10.0. The van der Waals surface area contributed by atoms with E-state index in [4.69, 9.17) is 0 Å². The van der Waals surface area contributed by atoms with Crippen LogP contribution in [0.2, 0.25) is 0 Å². The highest BCUT2D eigenvalue weighted by Crippen LogP contribution is 2.18. The van der Waals surface area contributed by atoms with Crippen LogP contribution in [0.25, 0.3) is 0 Å². The molecule has 0 aromatic heterocycles. The average molecular weight is 308 g/mol. The second-order valence-corrected chi connectivity index (χ2v) is 6.57. The van der Waals surface area contributed by atoms with Crippen LogP contribution in [0.1, 0.15) is 65.2 Å². The largest absolute Gasteiger partial charge is 0.357 e. The number of carbonyl (C=O) groups excluding carboxylic acids is 1. The Hall–Kier alpha value is -1.26. The van der Waals surface area contributed by atoms with E-state index >= 15 is 0 Å². The smallest absolute Gasteiger partial charge is 0.224 e. The number of piperidine rings is 1. The molecule has 1 aliphatic heterocycles. The minimum atomic E-state index is 0.257. The van der Waals surface area contributed by atoms with Gasteiger partial charge in [-0.05, 0) is 46.0 Å². The molecule has 1 amide bonds. The summed E-state index contributed by atoms with van der Waals surface area (Å²) in [4.78, 5) is 18.9. The standard InChI is InChI=1S/C17H32N4O/c1-3-18-17(20-15-9-4-5-10-15)19-12-11-16(22)21-13-7-6-8-14(21)2/h14-15H,3-13H2,1-2H3,(H2,18,19,20). The molecule has 1 saturated carbocycles. The highest BCUT2D eigenvalue weighted by atomic mass is 16.2. The van der Waals surface area contributed by atoms with Gasteiger partial charge in [0.2, 0.25) is 5.91 Å². The molecule has 0 bridgehead atoms. The Bertz CT molecular complexity index is 377. The fraction of sp³-hybridized carbons (Fsp3) is 0.882. The molecule has 1 unspecified atom stereocenters. The lowest BCUT2D eigenvalue weighted by Gasteiger charge is -2.33. The van der Waals surface area contributed by atoms with Gasteiger partial charge in [-0.2, -0.15) is 0 Å². The first-order valence-electron chi connectivity index (χ1n) is 9.05. The number of hydrogen-bond donors (Lipinski definition) is 2. The van der Waals surface area contributed by atoms with Crippen LogP contribution >= 0.6 is 0 Å². The third-order valence-electron chi connectivity index (χ3n) is 4.76. The number of guanidine groups is 1. The van der Waals surface area contributed by atoms with Crippen molar-refractivity contribution in [2.45, 2.75) is 77.3 Å². The Morgan fingerprint density at radius 3 is 2.59 bits per heavy atom. The quantitative estimate of drug-likeness (QED) is 0.605. The van der Waals surface area contributed by atoms with Gasteiger partial charge in [0.25, 0.3) is 0 Å². The molecular weight excluding hydrogens is 276 g/mol. The first-order valence-corrected chi connectivity index (χ1v) is 9.05. The molecule has 1 atom stereocenters. The average Bonchev–Trinajstić information content (AvgIpc) is 3.00. The predicted octanol–water partition coefficient (Wildman–Crippen LogP) is 2.28. The maximum Gasteiger partial charge on any atom is 0.224 e. The zero-order chi connectivity index (χ0) is 15.8. The zero-order valence-electron chi connectivity index (χ0n) is 14.2. The van der Waals surface area contributed by atoms with Crippen LogP contribution in [0.15, 0.2) is 4.99 Å². The molecule has 0 aromatic rings. The van der Waals surface area contributed by atoms with E-state index in [-0.39, 0.29) is 5.91 Å². The Morgan fingerprint density at radius 2 is 1.91 bits per heavy atom. The van der Waals surface area contributed by atoms with Gasteiger partial charge in [0, 0.05) is 31.6 Å². The third-order valence-corrected chi connectivity index (χ3v) is 4.76. The topological polar surface area (TPSA) is 56.7 Å². The summed E-state index contributed by atoms with van der Waals surface area (Å²) < 4.78 is 0. The van der Waals surface area contributed by atoms with Gasteiger partial charge in [-0.1, -0.05) is 12.8 Å². The van der Waals surface area contributed by atoms with Crippen LogP contribution < -0.4 is 10.6 Å². The number of carbonyl (C=O) groups is 1. The van der Waals surface area contributed by atoms with Crippen molar-refractivity contribution in [1.29, 1.82) is 0 Å². The molecule has 0 aromatic carbocycles. The number of amides is 1. The zero-order valence-corrected chi connectivity index (χ0v) is 14.2. The van der Waals surface area contributed by atoms with Crippen molar-refractivity contribution in [3.05, 3.63) is 0 Å². The molecule has 0 spiro atoms. The normalized spacial score (nSPS) is 23.6. The molecule has 2 fully saturated rings. The Balaban J connectivity index is 1.78. The van der Waals surface area contributed by atoms with E-state index < -0.39 is 0 Å². The summed E-state index contributed by atoms with van der Waals surface area (Å²) in [5.41, 5.74) is 0. The van der Waals surface area contributed by atoms with Crippen LogP contribution in [0.3, 0.4) is 0 Å². The van der Waals surface area contributed by atoms with Gasteiger partial charge in [-0.25, -0.2) is 0 Å². The first-order chi connectivity index (χ1) is 10.7.